The molecule has 9 heteroatoms. The van der Waals surface area contributed by atoms with Crippen molar-refractivity contribution in [3.8, 4) is 0 Å². The summed E-state index contributed by atoms with van der Waals surface area (Å²) in [5.74, 6) is -2.09. The van der Waals surface area contributed by atoms with Crippen LogP contribution in [0.5, 0.6) is 0 Å². The topological polar surface area (TPSA) is 118 Å². The normalized spacial score (nSPS) is 28.8. The molecule has 0 aromatic rings. The quantitative estimate of drug-likeness (QED) is 0.270. The minimum Gasteiger partial charge on any atom is -0.459 e. The zero-order chi connectivity index (χ0) is 20.1. The molecule has 0 spiro atoms. The fourth-order valence-corrected chi connectivity index (χ4v) is 2.66. The van der Waals surface area contributed by atoms with Crippen LogP contribution >= 0.6 is 0 Å². The molecule has 148 valence electrons. The zero-order valence-electron chi connectivity index (χ0n) is 15.4. The molecule has 0 amide bonds. The maximum absolute atomic E-state index is 11.5. The minimum absolute atomic E-state index is 0.435. The summed E-state index contributed by atoms with van der Waals surface area (Å²) in [5, 5.41) is 0. The molecule has 0 bridgehead atoms. The van der Waals surface area contributed by atoms with Gasteiger partial charge >= 0.3 is 23.9 Å². The Labute approximate surface area is 156 Å². The highest BCUT2D eigenvalue weighted by Crippen LogP contribution is 2.33. The summed E-state index contributed by atoms with van der Waals surface area (Å²) in [6.45, 7) is 5.35. The summed E-state index contributed by atoms with van der Waals surface area (Å²) < 4.78 is 26.0. The van der Waals surface area contributed by atoms with Crippen LogP contribution in [-0.4, -0.2) is 60.5 Å². The molecule has 1 saturated heterocycles. The molecule has 2 aliphatic rings. The molecule has 0 unspecified atom stereocenters. The van der Waals surface area contributed by atoms with Gasteiger partial charge in [-0.2, -0.15) is 0 Å². The van der Waals surface area contributed by atoms with Crippen molar-refractivity contribution in [3.63, 3.8) is 0 Å². The van der Waals surface area contributed by atoms with Crippen LogP contribution in [0.2, 0.25) is 0 Å². The van der Waals surface area contributed by atoms with Crippen molar-refractivity contribution in [3.05, 3.63) is 24.3 Å². The number of ether oxygens (including phenoxy) is 5. The Morgan fingerprint density at radius 2 is 1.74 bits per heavy atom. The van der Waals surface area contributed by atoms with E-state index in [-0.39, 0.29) is 0 Å². The summed E-state index contributed by atoms with van der Waals surface area (Å²) in [4.78, 5) is 45.1. The van der Waals surface area contributed by atoms with Crippen molar-refractivity contribution in [2.24, 2.45) is 0 Å². The molecule has 0 aromatic heterocycles. The monoisotopic (exact) mass is 382 g/mol. The molecule has 0 saturated carbocycles. The van der Waals surface area contributed by atoms with Crippen molar-refractivity contribution >= 4 is 23.9 Å². The molecule has 2 heterocycles. The van der Waals surface area contributed by atoms with Gasteiger partial charge in [0.05, 0.1) is 0 Å². The number of hydrogen-bond donors (Lipinski definition) is 0. The van der Waals surface area contributed by atoms with Crippen molar-refractivity contribution in [1.82, 2.24) is 0 Å². The number of esters is 4. The summed E-state index contributed by atoms with van der Waals surface area (Å²) in [5.41, 5.74) is 0. The van der Waals surface area contributed by atoms with Gasteiger partial charge in [0.2, 0.25) is 0 Å². The van der Waals surface area contributed by atoms with Gasteiger partial charge in [0.25, 0.3) is 0 Å². The van der Waals surface area contributed by atoms with Crippen LogP contribution in [0.4, 0.5) is 0 Å². The maximum atomic E-state index is 11.5. The Kier molecular flexibility index (Phi) is 6.73. The van der Waals surface area contributed by atoms with Crippen LogP contribution in [-0.2, 0) is 42.9 Å². The molecule has 0 N–H and O–H groups in total. The predicted octanol–water partition coefficient (Wildman–Crippen LogP) is 0.607. The molecule has 0 radical (unpaired) electrons. The first-order chi connectivity index (χ1) is 12.7. The number of carbonyl (C=O) groups is 4. The number of hydrogen-bond acceptors (Lipinski definition) is 9. The molecule has 27 heavy (non-hydrogen) atoms. The predicted molar refractivity (Wildman–Crippen MR) is 89.2 cm³/mol. The van der Waals surface area contributed by atoms with Crippen molar-refractivity contribution in [1.29, 1.82) is 0 Å². The Balaban J connectivity index is 2.01. The Morgan fingerprint density at radius 1 is 1.07 bits per heavy atom. The van der Waals surface area contributed by atoms with Crippen LogP contribution in [0.3, 0.4) is 0 Å². The third-order valence-electron chi connectivity index (χ3n) is 3.79. The van der Waals surface area contributed by atoms with Gasteiger partial charge in [-0.1, -0.05) is 6.08 Å². The lowest BCUT2D eigenvalue weighted by atomic mass is 10.0. The van der Waals surface area contributed by atoms with E-state index in [0.717, 1.165) is 0 Å². The van der Waals surface area contributed by atoms with Gasteiger partial charge in [0.1, 0.15) is 18.3 Å². The van der Waals surface area contributed by atoms with Gasteiger partial charge in [-0.05, 0) is 19.1 Å². The highest BCUT2D eigenvalue weighted by molar-refractivity contribution is 5.83. The molecule has 0 aliphatic carbocycles. The van der Waals surface area contributed by atoms with Crippen LogP contribution in [0, 0.1) is 0 Å². The highest BCUT2D eigenvalue weighted by atomic mass is 16.6. The average Bonchev–Trinajstić information content (AvgIpc) is 3.31. The number of carbonyl (C=O) groups excluding carboxylic acids is 4. The van der Waals surface area contributed by atoms with E-state index in [1.165, 1.54) is 32.9 Å². The third kappa shape index (κ3) is 6.21. The lowest BCUT2D eigenvalue weighted by Crippen LogP contribution is -2.40. The van der Waals surface area contributed by atoms with Gasteiger partial charge < -0.3 is 23.7 Å². The van der Waals surface area contributed by atoms with E-state index >= 15 is 0 Å². The molecule has 2 aliphatic heterocycles. The van der Waals surface area contributed by atoms with Crippen LogP contribution in [0.1, 0.15) is 27.7 Å². The average molecular weight is 382 g/mol. The van der Waals surface area contributed by atoms with Gasteiger partial charge in [-0.3, -0.25) is 14.4 Å². The van der Waals surface area contributed by atoms with E-state index in [1.807, 2.05) is 0 Å². The number of epoxide rings is 1. The Hall–Kier alpha value is -2.68. The Bertz CT molecular complexity index is 666. The zero-order valence-corrected chi connectivity index (χ0v) is 15.4. The lowest BCUT2D eigenvalue weighted by Gasteiger charge is -2.25. The van der Waals surface area contributed by atoms with E-state index in [9.17, 15) is 19.2 Å². The molecule has 6 atom stereocenters. The first-order valence-corrected chi connectivity index (χ1v) is 8.41. The second-order valence-electron chi connectivity index (χ2n) is 6.17. The minimum atomic E-state index is -0.797. The fraction of sp³-hybridized carbons (Fsp3) is 0.556. The molecular formula is C18H22O9. The summed E-state index contributed by atoms with van der Waals surface area (Å²) in [6, 6.07) is 0. The SMILES string of the molecule is CC(=O)O[C@@H](C)[C@@H](/C=C/[C@@H]1O[C@@H]1[C@@H]1OC(=O)C=C[C@@H]1OC(C)=O)OC(C)=O. The maximum Gasteiger partial charge on any atom is 0.331 e. The van der Waals surface area contributed by atoms with Gasteiger partial charge in [-0.25, -0.2) is 4.79 Å². The standard InChI is InChI=1S/C18H22O9/c1-9(23-10(2)19)13(24-11(3)20)5-6-15-17(26-15)18-14(25-12(4)21)7-8-16(22)27-18/h5-9,13-15,17-18H,1-4H3/b6-5+/t9-,13+,14-,15-,17-,18+/m0/s1. The smallest absolute Gasteiger partial charge is 0.331 e. The molecule has 1 fully saturated rings. The van der Waals surface area contributed by atoms with E-state index in [1.54, 1.807) is 19.1 Å². The fourth-order valence-electron chi connectivity index (χ4n) is 2.66. The van der Waals surface area contributed by atoms with Gasteiger partial charge in [0, 0.05) is 26.8 Å². The van der Waals surface area contributed by atoms with Crippen molar-refractivity contribution in [2.75, 3.05) is 0 Å². The summed E-state index contributed by atoms with van der Waals surface area (Å²) in [6.07, 6.45) is 1.84. The van der Waals surface area contributed by atoms with Crippen LogP contribution in [0.15, 0.2) is 24.3 Å². The van der Waals surface area contributed by atoms with E-state index in [2.05, 4.69) is 0 Å². The van der Waals surface area contributed by atoms with E-state index < -0.39 is 60.5 Å². The van der Waals surface area contributed by atoms with Crippen LogP contribution < -0.4 is 0 Å². The highest BCUT2D eigenvalue weighted by Gasteiger charge is 2.50. The number of rotatable bonds is 7. The Morgan fingerprint density at radius 3 is 2.33 bits per heavy atom. The van der Waals surface area contributed by atoms with Crippen LogP contribution in [0.25, 0.3) is 0 Å². The van der Waals surface area contributed by atoms with Gasteiger partial charge in [0.15, 0.2) is 18.3 Å². The molecular weight excluding hydrogens is 360 g/mol. The largest absolute Gasteiger partial charge is 0.459 e. The van der Waals surface area contributed by atoms with Gasteiger partial charge in [-0.15, -0.1) is 0 Å². The second-order valence-corrected chi connectivity index (χ2v) is 6.17. The van der Waals surface area contributed by atoms with E-state index in [4.69, 9.17) is 23.7 Å². The first kappa shape index (κ1) is 20.6. The summed E-state index contributed by atoms with van der Waals surface area (Å²) >= 11 is 0. The van der Waals surface area contributed by atoms with Crippen molar-refractivity contribution in [2.45, 2.75) is 64.3 Å². The van der Waals surface area contributed by atoms with Crippen molar-refractivity contribution < 1.29 is 42.9 Å². The van der Waals surface area contributed by atoms with E-state index in [0.29, 0.717) is 0 Å². The molecule has 2 rings (SSSR count). The third-order valence-corrected chi connectivity index (χ3v) is 3.79. The second kappa shape index (κ2) is 8.81. The number of cyclic esters (lactones) is 1. The molecule has 0 aromatic carbocycles. The summed E-state index contributed by atoms with van der Waals surface area (Å²) in [7, 11) is 0. The molecule has 9 nitrogen and oxygen atoms in total. The lowest BCUT2D eigenvalue weighted by molar-refractivity contribution is -0.163. The first-order valence-electron chi connectivity index (χ1n) is 8.41.